The average molecular weight is 253 g/mol. The maximum absolute atomic E-state index is 11.5. The van der Waals surface area contributed by atoms with Crippen LogP contribution in [0.25, 0.3) is 11.0 Å². The number of hydrogen-bond acceptors (Lipinski definition) is 4. The Morgan fingerprint density at radius 2 is 2.24 bits per heavy atom. The molecule has 0 atom stereocenters. The van der Waals surface area contributed by atoms with Gasteiger partial charge in [0, 0.05) is 5.39 Å². The molecule has 0 spiro atoms. The van der Waals surface area contributed by atoms with E-state index in [0.29, 0.717) is 23.3 Å². The highest BCUT2D eigenvalue weighted by Gasteiger charge is 2.13. The molecule has 4 nitrogen and oxygen atoms in total. The van der Waals surface area contributed by atoms with Crippen LogP contribution in [0.3, 0.4) is 0 Å². The molecule has 0 aliphatic carbocycles. The second-order valence-corrected chi connectivity index (χ2v) is 3.67. The van der Waals surface area contributed by atoms with Gasteiger partial charge in [0.2, 0.25) is 0 Å². The lowest BCUT2D eigenvalue weighted by molar-refractivity contribution is 0.107. The molecular formula is C12H9ClO4. The minimum atomic E-state index is -0.831. The number of fused-ring (bicyclic) bond motifs is 1. The Kier molecular flexibility index (Phi) is 3.15. The van der Waals surface area contributed by atoms with Crippen LogP contribution in [-0.2, 0) is 0 Å². The van der Waals surface area contributed by atoms with Crippen molar-refractivity contribution >= 4 is 27.8 Å². The minimum Gasteiger partial charge on any atom is -0.490 e. The Morgan fingerprint density at radius 1 is 1.47 bits per heavy atom. The molecule has 0 aliphatic rings. The standard InChI is InChI=1S/C12H9ClO4/c1-2-16-9-5-3-4-7-6-8(11(13)14)12(15)17-10(7)9/h3-6H,2H2,1H3. The molecule has 1 aromatic heterocycles. The van der Waals surface area contributed by atoms with E-state index in [1.165, 1.54) is 6.07 Å². The lowest BCUT2D eigenvalue weighted by Crippen LogP contribution is -2.10. The van der Waals surface area contributed by atoms with Gasteiger partial charge in [-0.25, -0.2) is 4.79 Å². The zero-order valence-corrected chi connectivity index (χ0v) is 9.78. The number of rotatable bonds is 3. The van der Waals surface area contributed by atoms with Crippen LogP contribution in [-0.4, -0.2) is 11.8 Å². The first-order chi connectivity index (χ1) is 8.13. The summed E-state index contributed by atoms with van der Waals surface area (Å²) >= 11 is 5.28. The van der Waals surface area contributed by atoms with Crippen molar-refractivity contribution in [1.82, 2.24) is 0 Å². The summed E-state index contributed by atoms with van der Waals surface area (Å²) in [5.74, 6) is 0.468. The van der Waals surface area contributed by atoms with Gasteiger partial charge < -0.3 is 9.15 Å². The molecule has 88 valence electrons. The van der Waals surface area contributed by atoms with E-state index in [1.54, 1.807) is 18.2 Å². The van der Waals surface area contributed by atoms with E-state index in [2.05, 4.69) is 0 Å². The van der Waals surface area contributed by atoms with Gasteiger partial charge in [0.15, 0.2) is 11.3 Å². The summed E-state index contributed by atoms with van der Waals surface area (Å²) in [5, 5.41) is -0.234. The van der Waals surface area contributed by atoms with E-state index < -0.39 is 10.9 Å². The third-order valence-corrected chi connectivity index (χ3v) is 2.44. The van der Waals surface area contributed by atoms with Crippen LogP contribution in [0.4, 0.5) is 0 Å². The van der Waals surface area contributed by atoms with Crippen LogP contribution >= 0.6 is 11.6 Å². The molecule has 2 aromatic rings. The van der Waals surface area contributed by atoms with Gasteiger partial charge in [0.05, 0.1) is 6.61 Å². The van der Waals surface area contributed by atoms with Crippen molar-refractivity contribution in [3.05, 3.63) is 40.2 Å². The number of benzene rings is 1. The summed E-state index contributed by atoms with van der Waals surface area (Å²) in [4.78, 5) is 22.5. The zero-order chi connectivity index (χ0) is 12.4. The zero-order valence-electron chi connectivity index (χ0n) is 9.03. The average Bonchev–Trinajstić information content (AvgIpc) is 2.29. The molecule has 0 saturated heterocycles. The first-order valence-corrected chi connectivity index (χ1v) is 5.40. The van der Waals surface area contributed by atoms with Gasteiger partial charge in [-0.15, -0.1) is 0 Å². The third-order valence-electron chi connectivity index (χ3n) is 2.24. The SMILES string of the molecule is CCOc1cccc2cc(C(=O)Cl)c(=O)oc12. The molecule has 0 aliphatic heterocycles. The summed E-state index contributed by atoms with van der Waals surface area (Å²) in [6, 6.07) is 6.55. The molecule has 0 radical (unpaired) electrons. The number of para-hydroxylation sites is 1. The summed E-state index contributed by atoms with van der Waals surface area (Å²) in [7, 11) is 0. The van der Waals surface area contributed by atoms with Crippen LogP contribution in [0.1, 0.15) is 17.3 Å². The molecule has 0 unspecified atom stereocenters. The van der Waals surface area contributed by atoms with Crippen molar-refractivity contribution < 1.29 is 13.9 Å². The van der Waals surface area contributed by atoms with Crippen LogP contribution in [0.2, 0.25) is 0 Å². The Balaban J connectivity index is 2.73. The monoisotopic (exact) mass is 252 g/mol. The van der Waals surface area contributed by atoms with Gasteiger partial charge in [-0.1, -0.05) is 12.1 Å². The van der Waals surface area contributed by atoms with E-state index in [9.17, 15) is 9.59 Å². The molecule has 5 heteroatoms. The Labute approximate surface area is 102 Å². The molecule has 2 rings (SSSR count). The van der Waals surface area contributed by atoms with E-state index in [0.717, 1.165) is 0 Å². The van der Waals surface area contributed by atoms with Crippen molar-refractivity contribution in [3.63, 3.8) is 0 Å². The molecule has 1 heterocycles. The molecule has 0 amide bonds. The maximum atomic E-state index is 11.5. The molecule has 0 fully saturated rings. The highest BCUT2D eigenvalue weighted by Crippen LogP contribution is 2.25. The Morgan fingerprint density at radius 3 is 2.88 bits per heavy atom. The molecule has 0 N–H and O–H groups in total. The third kappa shape index (κ3) is 2.17. The van der Waals surface area contributed by atoms with Gasteiger partial charge in [0.1, 0.15) is 5.56 Å². The first kappa shape index (κ1) is 11.7. The summed E-state index contributed by atoms with van der Waals surface area (Å²) in [6.07, 6.45) is 0. The molecule has 0 bridgehead atoms. The lowest BCUT2D eigenvalue weighted by atomic mass is 10.2. The number of carbonyl (C=O) groups excluding carboxylic acids is 1. The summed E-state index contributed by atoms with van der Waals surface area (Å²) in [5.41, 5.74) is -0.613. The second-order valence-electron chi connectivity index (χ2n) is 3.33. The van der Waals surface area contributed by atoms with E-state index in [4.69, 9.17) is 20.8 Å². The maximum Gasteiger partial charge on any atom is 0.348 e. The first-order valence-electron chi connectivity index (χ1n) is 5.03. The van der Waals surface area contributed by atoms with Crippen molar-refractivity contribution in [3.8, 4) is 5.75 Å². The predicted octanol–water partition coefficient (Wildman–Crippen LogP) is 2.57. The number of halogens is 1. The van der Waals surface area contributed by atoms with Gasteiger partial charge in [-0.2, -0.15) is 0 Å². The summed E-state index contributed by atoms with van der Waals surface area (Å²) in [6.45, 7) is 2.28. The quantitative estimate of drug-likeness (QED) is 0.622. The highest BCUT2D eigenvalue weighted by atomic mass is 35.5. The van der Waals surface area contributed by atoms with Gasteiger partial charge in [0.25, 0.3) is 5.24 Å². The van der Waals surface area contributed by atoms with Crippen LogP contribution in [0.15, 0.2) is 33.5 Å². The van der Waals surface area contributed by atoms with Gasteiger partial charge >= 0.3 is 5.63 Å². The van der Waals surface area contributed by atoms with Crippen LogP contribution in [0, 0.1) is 0 Å². The normalized spacial score (nSPS) is 10.5. The number of hydrogen-bond donors (Lipinski definition) is 0. The van der Waals surface area contributed by atoms with E-state index in [-0.39, 0.29) is 5.56 Å². The largest absolute Gasteiger partial charge is 0.490 e. The molecule has 17 heavy (non-hydrogen) atoms. The van der Waals surface area contributed by atoms with Crippen LogP contribution in [0.5, 0.6) is 5.75 Å². The predicted molar refractivity (Wildman–Crippen MR) is 63.8 cm³/mol. The Hall–Kier alpha value is -1.81. The highest BCUT2D eigenvalue weighted by molar-refractivity contribution is 6.67. The van der Waals surface area contributed by atoms with Crippen molar-refractivity contribution in [1.29, 1.82) is 0 Å². The van der Waals surface area contributed by atoms with E-state index in [1.807, 2.05) is 6.92 Å². The minimum absolute atomic E-state index is 0.173. The van der Waals surface area contributed by atoms with Crippen LogP contribution < -0.4 is 10.4 Å². The molecule has 1 aromatic carbocycles. The van der Waals surface area contributed by atoms with E-state index >= 15 is 0 Å². The second kappa shape index (κ2) is 4.59. The van der Waals surface area contributed by atoms with Crippen molar-refractivity contribution in [2.75, 3.05) is 6.61 Å². The fourth-order valence-electron chi connectivity index (χ4n) is 1.52. The number of ether oxygens (including phenoxy) is 1. The lowest BCUT2D eigenvalue weighted by Gasteiger charge is -2.05. The number of carbonyl (C=O) groups is 1. The molecule has 0 saturated carbocycles. The van der Waals surface area contributed by atoms with Gasteiger partial charge in [-0.05, 0) is 30.7 Å². The fourth-order valence-corrected chi connectivity index (χ4v) is 1.66. The molecular weight excluding hydrogens is 244 g/mol. The van der Waals surface area contributed by atoms with Crippen molar-refractivity contribution in [2.45, 2.75) is 6.92 Å². The van der Waals surface area contributed by atoms with Crippen molar-refractivity contribution in [2.24, 2.45) is 0 Å². The van der Waals surface area contributed by atoms with Gasteiger partial charge in [-0.3, -0.25) is 4.79 Å². The topological polar surface area (TPSA) is 56.5 Å². The summed E-state index contributed by atoms with van der Waals surface area (Å²) < 4.78 is 10.4. The fraction of sp³-hybridized carbons (Fsp3) is 0.167. The smallest absolute Gasteiger partial charge is 0.348 e. The Bertz CT molecular complexity index is 630.